The zero-order chi connectivity index (χ0) is 12.7. The number of hydrogen-bond acceptors (Lipinski definition) is 2. The van der Waals surface area contributed by atoms with Crippen LogP contribution in [0.25, 0.3) is 0 Å². The number of rotatable bonds is 3. The van der Waals surface area contributed by atoms with Crippen molar-refractivity contribution in [3.05, 3.63) is 0 Å². The van der Waals surface area contributed by atoms with E-state index in [-0.39, 0.29) is 0 Å². The number of alkyl halides is 3. The van der Waals surface area contributed by atoms with Crippen LogP contribution in [0.3, 0.4) is 0 Å². The van der Waals surface area contributed by atoms with Crippen molar-refractivity contribution in [3.63, 3.8) is 0 Å². The van der Waals surface area contributed by atoms with E-state index in [0.29, 0.717) is 0 Å². The smallest absolute Gasteiger partial charge is 0.291 e. The van der Waals surface area contributed by atoms with Crippen molar-refractivity contribution in [1.29, 1.82) is 0 Å². The molecule has 92 valence electrons. The third-order valence-corrected chi connectivity index (χ3v) is 13.2. The fraction of sp³-hybridized carbons (Fsp3) is 1.00. The minimum atomic E-state index is -4.43. The summed E-state index contributed by atoms with van der Waals surface area (Å²) in [6, 6.07) is 0. The van der Waals surface area contributed by atoms with Gasteiger partial charge in [-0.1, -0.05) is 26.9 Å². The van der Waals surface area contributed by atoms with E-state index in [9.17, 15) is 21.6 Å². The molecule has 0 aromatic carbocycles. The maximum absolute atomic E-state index is 12.2. The molecule has 0 rings (SSSR count). The molecular formula is C7H15F3O3SSi. The molecule has 0 bridgehead atoms. The minimum Gasteiger partial charge on any atom is -0.291 e. The molecule has 0 aliphatic carbocycles. The van der Waals surface area contributed by atoms with Gasteiger partial charge in [0.05, 0.1) is 0 Å². The Morgan fingerprint density at radius 2 is 1.53 bits per heavy atom. The van der Waals surface area contributed by atoms with Gasteiger partial charge in [-0.3, -0.25) is 4.55 Å². The van der Waals surface area contributed by atoms with Crippen LogP contribution in [0.4, 0.5) is 13.2 Å². The standard InChI is InChI=1S/C7H15F3O3SSi/c1-6(2,5-7(8,9)10)15(3,4)14(11,12)13/h5H2,1-4H3,(H,11,12,13). The molecule has 0 aromatic rings. The molecule has 15 heavy (non-hydrogen) atoms. The van der Waals surface area contributed by atoms with Crippen molar-refractivity contribution >= 4 is 16.8 Å². The van der Waals surface area contributed by atoms with Gasteiger partial charge >= 0.3 is 6.18 Å². The lowest BCUT2D eigenvalue weighted by atomic mass is 10.1. The molecule has 8 heteroatoms. The van der Waals surface area contributed by atoms with Crippen LogP contribution < -0.4 is 0 Å². The third-order valence-electron chi connectivity index (χ3n) is 2.92. The highest BCUT2D eigenvalue weighted by Crippen LogP contribution is 2.47. The van der Waals surface area contributed by atoms with Crippen LogP contribution in [0.1, 0.15) is 20.3 Å². The fourth-order valence-corrected chi connectivity index (χ4v) is 4.70. The SMILES string of the molecule is CC(C)(CC(F)(F)F)[Si](C)(C)S(=O)(=O)O. The van der Waals surface area contributed by atoms with Crippen LogP contribution in [-0.4, -0.2) is 26.4 Å². The normalized spacial score (nSPS) is 15.5. The average Bonchev–Trinajstić information content (AvgIpc) is 1.77. The zero-order valence-electron chi connectivity index (χ0n) is 9.01. The first-order valence-electron chi connectivity index (χ1n) is 4.24. The summed E-state index contributed by atoms with van der Waals surface area (Å²) in [5.41, 5.74) is 0. The summed E-state index contributed by atoms with van der Waals surface area (Å²) in [5, 5.41) is -1.46. The summed E-state index contributed by atoms with van der Waals surface area (Å²) in [6.07, 6.45) is -5.64. The highest BCUT2D eigenvalue weighted by molar-refractivity contribution is 8.18. The Morgan fingerprint density at radius 1 is 1.20 bits per heavy atom. The first-order valence-corrected chi connectivity index (χ1v) is 9.41. The molecule has 0 aliphatic heterocycles. The van der Waals surface area contributed by atoms with Gasteiger partial charge in [0.1, 0.15) is 0 Å². The van der Waals surface area contributed by atoms with Crippen LogP contribution in [0.5, 0.6) is 0 Å². The van der Waals surface area contributed by atoms with Gasteiger partial charge < -0.3 is 0 Å². The predicted octanol–water partition coefficient (Wildman–Crippen LogP) is 2.81. The molecule has 0 saturated heterocycles. The van der Waals surface area contributed by atoms with Crippen LogP contribution in [0.15, 0.2) is 0 Å². The Balaban J connectivity index is 5.21. The molecule has 0 unspecified atom stereocenters. The monoisotopic (exact) mass is 264 g/mol. The number of hydrogen-bond donors (Lipinski definition) is 1. The van der Waals surface area contributed by atoms with Gasteiger partial charge in [-0.15, -0.1) is 0 Å². The maximum Gasteiger partial charge on any atom is 0.389 e. The molecule has 0 spiro atoms. The summed E-state index contributed by atoms with van der Waals surface area (Å²) >= 11 is 0. The topological polar surface area (TPSA) is 54.4 Å². The third kappa shape index (κ3) is 3.46. The van der Waals surface area contributed by atoms with Gasteiger partial charge in [-0.2, -0.15) is 13.2 Å². The van der Waals surface area contributed by atoms with Gasteiger partial charge in [0.2, 0.25) is 16.8 Å². The Morgan fingerprint density at radius 3 is 1.73 bits per heavy atom. The van der Waals surface area contributed by atoms with E-state index < -0.39 is 34.4 Å². The van der Waals surface area contributed by atoms with Crippen molar-refractivity contribution in [1.82, 2.24) is 0 Å². The highest BCUT2D eigenvalue weighted by atomic mass is 32.4. The molecular weight excluding hydrogens is 249 g/mol. The molecule has 0 fully saturated rings. The first kappa shape index (κ1) is 14.9. The summed E-state index contributed by atoms with van der Waals surface area (Å²) in [7, 11) is -7.83. The summed E-state index contributed by atoms with van der Waals surface area (Å²) in [5.74, 6) is 0. The second kappa shape index (κ2) is 3.74. The second-order valence-electron chi connectivity index (χ2n) is 4.66. The van der Waals surface area contributed by atoms with Crippen LogP contribution in [0, 0.1) is 0 Å². The van der Waals surface area contributed by atoms with Crippen LogP contribution in [-0.2, 0) is 9.57 Å². The highest BCUT2D eigenvalue weighted by Gasteiger charge is 2.54. The molecule has 0 radical (unpaired) electrons. The average molecular weight is 264 g/mol. The lowest BCUT2D eigenvalue weighted by Crippen LogP contribution is -2.48. The Bertz CT molecular complexity index is 332. The minimum absolute atomic E-state index is 1.21. The van der Waals surface area contributed by atoms with Gasteiger partial charge in [0, 0.05) is 6.42 Å². The van der Waals surface area contributed by atoms with Gasteiger partial charge in [-0.25, -0.2) is 8.42 Å². The Labute approximate surface area is 88.1 Å². The van der Waals surface area contributed by atoms with Crippen LogP contribution in [0.2, 0.25) is 18.1 Å². The molecule has 0 aromatic heterocycles. The maximum atomic E-state index is 12.2. The quantitative estimate of drug-likeness (QED) is 0.630. The van der Waals surface area contributed by atoms with E-state index in [0.717, 1.165) is 0 Å². The first-order chi connectivity index (χ1) is 6.21. The largest absolute Gasteiger partial charge is 0.389 e. The Hall–Kier alpha value is -0.0831. The molecule has 0 heterocycles. The molecule has 0 aliphatic rings. The summed E-state index contributed by atoms with van der Waals surface area (Å²) in [4.78, 5) is 0. The lowest BCUT2D eigenvalue weighted by molar-refractivity contribution is -0.140. The van der Waals surface area contributed by atoms with Gasteiger partial charge in [0.15, 0.2) is 0 Å². The van der Waals surface area contributed by atoms with Crippen molar-refractivity contribution in [3.8, 4) is 0 Å². The van der Waals surface area contributed by atoms with Gasteiger partial charge in [-0.05, 0) is 5.04 Å². The Kier molecular flexibility index (Phi) is 3.72. The van der Waals surface area contributed by atoms with E-state index in [1.807, 2.05) is 0 Å². The van der Waals surface area contributed by atoms with Crippen LogP contribution >= 0.6 is 0 Å². The molecule has 1 N–H and O–H groups in total. The van der Waals surface area contributed by atoms with E-state index in [1.54, 1.807) is 0 Å². The van der Waals surface area contributed by atoms with E-state index in [2.05, 4.69) is 0 Å². The van der Waals surface area contributed by atoms with Crippen molar-refractivity contribution < 1.29 is 26.1 Å². The summed E-state index contributed by atoms with van der Waals surface area (Å²) in [6.45, 7) is 4.88. The lowest BCUT2D eigenvalue weighted by Gasteiger charge is -2.36. The van der Waals surface area contributed by atoms with E-state index >= 15 is 0 Å². The number of halogens is 3. The van der Waals surface area contributed by atoms with Crippen molar-refractivity contribution in [2.24, 2.45) is 0 Å². The molecule has 0 atom stereocenters. The molecule has 0 amide bonds. The predicted molar refractivity (Wildman–Crippen MR) is 53.7 cm³/mol. The molecule has 0 saturated carbocycles. The van der Waals surface area contributed by atoms with Crippen molar-refractivity contribution in [2.75, 3.05) is 0 Å². The zero-order valence-corrected chi connectivity index (χ0v) is 10.8. The second-order valence-corrected chi connectivity index (χ2v) is 14.6. The van der Waals surface area contributed by atoms with Crippen molar-refractivity contribution in [2.45, 2.75) is 44.6 Å². The van der Waals surface area contributed by atoms with E-state index in [1.165, 1.54) is 26.9 Å². The summed E-state index contributed by atoms with van der Waals surface area (Å²) < 4.78 is 67.7. The molecule has 3 nitrogen and oxygen atoms in total. The van der Waals surface area contributed by atoms with Gasteiger partial charge in [0.25, 0.3) is 0 Å². The fourth-order valence-electron chi connectivity index (χ4n) is 1.06. The van der Waals surface area contributed by atoms with E-state index in [4.69, 9.17) is 4.55 Å².